The van der Waals surface area contributed by atoms with Gasteiger partial charge in [-0.05, 0) is 49.6 Å². The first-order valence-corrected chi connectivity index (χ1v) is 10.2. The van der Waals surface area contributed by atoms with Gasteiger partial charge in [0, 0.05) is 35.9 Å². The van der Waals surface area contributed by atoms with Crippen LogP contribution < -0.4 is 15.5 Å². The number of carbonyl (C=O) groups is 2. The van der Waals surface area contributed by atoms with E-state index in [0.29, 0.717) is 11.3 Å². The Bertz CT molecular complexity index is 913. The molecule has 1 aliphatic heterocycles. The van der Waals surface area contributed by atoms with Crippen LogP contribution in [0.2, 0.25) is 0 Å². The Kier molecular flexibility index (Phi) is 5.96. The highest BCUT2D eigenvalue weighted by atomic mass is 16.2. The summed E-state index contributed by atoms with van der Waals surface area (Å²) in [6, 6.07) is 14.1. The lowest BCUT2D eigenvalue weighted by Gasteiger charge is -2.32. The van der Waals surface area contributed by atoms with E-state index in [1.165, 1.54) is 11.1 Å². The lowest BCUT2D eigenvalue weighted by atomic mass is 9.95. The Labute approximate surface area is 173 Å². The second-order valence-corrected chi connectivity index (χ2v) is 9.00. The Hall–Kier alpha value is -2.82. The van der Waals surface area contributed by atoms with Crippen molar-refractivity contribution in [2.45, 2.75) is 53.6 Å². The molecule has 0 atom stereocenters. The third kappa shape index (κ3) is 4.97. The molecule has 5 nitrogen and oxygen atoms in total. The number of benzene rings is 2. The average Bonchev–Trinajstić information content (AvgIpc) is 2.66. The van der Waals surface area contributed by atoms with Crippen LogP contribution in [0.1, 0.15) is 56.1 Å². The Morgan fingerprint density at radius 2 is 1.72 bits per heavy atom. The molecule has 154 valence electrons. The zero-order chi connectivity index (χ0) is 21.2. The van der Waals surface area contributed by atoms with Crippen LogP contribution in [0, 0.1) is 5.41 Å². The van der Waals surface area contributed by atoms with Gasteiger partial charge in [-0.1, -0.05) is 45.0 Å². The first kappa shape index (κ1) is 20.9. The molecule has 0 fully saturated rings. The van der Waals surface area contributed by atoms with Gasteiger partial charge in [0.05, 0.1) is 5.56 Å². The molecule has 0 unspecified atom stereocenters. The molecule has 1 aliphatic rings. The molecule has 0 radical (unpaired) electrons. The van der Waals surface area contributed by atoms with Crippen LogP contribution in [-0.4, -0.2) is 24.4 Å². The van der Waals surface area contributed by atoms with Gasteiger partial charge in [0.2, 0.25) is 5.91 Å². The second kappa shape index (κ2) is 8.27. The third-order valence-electron chi connectivity index (χ3n) is 5.07. The maximum Gasteiger partial charge on any atom is 0.253 e. The van der Waals surface area contributed by atoms with E-state index in [1.807, 2.05) is 46.8 Å². The lowest BCUT2D eigenvalue weighted by molar-refractivity contribution is -0.123. The minimum atomic E-state index is -0.504. The van der Waals surface area contributed by atoms with E-state index in [2.05, 4.69) is 39.8 Å². The van der Waals surface area contributed by atoms with Crippen molar-refractivity contribution in [3.63, 3.8) is 0 Å². The highest BCUT2D eigenvalue weighted by Gasteiger charge is 2.24. The highest BCUT2D eigenvalue weighted by molar-refractivity contribution is 6.02. The molecular formula is C24H31N3O2. The molecule has 5 heteroatoms. The maximum atomic E-state index is 12.9. The molecule has 2 N–H and O–H groups in total. The van der Waals surface area contributed by atoms with Gasteiger partial charge >= 0.3 is 0 Å². The number of nitrogens with one attached hydrogen (secondary N) is 2. The Morgan fingerprint density at radius 1 is 1.03 bits per heavy atom. The number of fused-ring (bicyclic) bond motifs is 1. The maximum absolute atomic E-state index is 12.9. The quantitative estimate of drug-likeness (QED) is 0.811. The summed E-state index contributed by atoms with van der Waals surface area (Å²) in [6.45, 7) is 11.1. The molecule has 0 aliphatic carbocycles. The fourth-order valence-corrected chi connectivity index (χ4v) is 3.43. The fourth-order valence-electron chi connectivity index (χ4n) is 3.43. The van der Waals surface area contributed by atoms with Crippen LogP contribution in [0.5, 0.6) is 0 Å². The van der Waals surface area contributed by atoms with Gasteiger partial charge in [-0.25, -0.2) is 0 Å². The number of nitrogens with zero attached hydrogens (tertiary/aromatic N) is 1. The van der Waals surface area contributed by atoms with Crippen LogP contribution in [0.25, 0.3) is 0 Å². The van der Waals surface area contributed by atoms with Crippen LogP contribution >= 0.6 is 0 Å². The van der Waals surface area contributed by atoms with Crippen LogP contribution in [0.15, 0.2) is 42.5 Å². The van der Waals surface area contributed by atoms with Crippen molar-refractivity contribution >= 4 is 23.2 Å². The van der Waals surface area contributed by atoms with Crippen molar-refractivity contribution in [1.82, 2.24) is 5.32 Å². The highest BCUT2D eigenvalue weighted by Crippen LogP contribution is 2.30. The van der Waals surface area contributed by atoms with Gasteiger partial charge < -0.3 is 15.5 Å². The summed E-state index contributed by atoms with van der Waals surface area (Å²) < 4.78 is 0. The van der Waals surface area contributed by atoms with Crippen molar-refractivity contribution in [2.24, 2.45) is 5.41 Å². The molecule has 0 aromatic heterocycles. The van der Waals surface area contributed by atoms with Crippen LogP contribution in [-0.2, 0) is 17.8 Å². The molecule has 2 aromatic rings. The zero-order valence-corrected chi connectivity index (χ0v) is 18.0. The number of anilines is 2. The van der Waals surface area contributed by atoms with Crippen molar-refractivity contribution in [3.8, 4) is 0 Å². The molecular weight excluding hydrogens is 362 g/mol. The summed E-state index contributed by atoms with van der Waals surface area (Å²) in [4.78, 5) is 27.6. The average molecular weight is 394 g/mol. The topological polar surface area (TPSA) is 61.4 Å². The first-order chi connectivity index (χ1) is 13.6. The summed E-state index contributed by atoms with van der Waals surface area (Å²) >= 11 is 0. The summed E-state index contributed by atoms with van der Waals surface area (Å²) in [5.41, 5.74) is 4.27. The van der Waals surface area contributed by atoms with E-state index in [-0.39, 0.29) is 17.9 Å². The van der Waals surface area contributed by atoms with E-state index >= 15 is 0 Å². The van der Waals surface area contributed by atoms with Crippen LogP contribution in [0.4, 0.5) is 11.4 Å². The van der Waals surface area contributed by atoms with Gasteiger partial charge in [0.25, 0.3) is 5.91 Å². The van der Waals surface area contributed by atoms with E-state index in [9.17, 15) is 9.59 Å². The molecule has 0 saturated carbocycles. The van der Waals surface area contributed by atoms with Crippen molar-refractivity contribution in [3.05, 3.63) is 59.2 Å². The largest absolute Gasteiger partial charge is 0.366 e. The molecule has 2 aromatic carbocycles. The SMILES string of the molecule is CC(C)NC(=O)c1cc(NC(=O)C(C)(C)C)ccc1N1CCc2ccccc2C1. The number of hydrogen-bond acceptors (Lipinski definition) is 3. The minimum absolute atomic E-state index is 0.0326. The van der Waals surface area contributed by atoms with E-state index in [4.69, 9.17) is 0 Å². The van der Waals surface area contributed by atoms with Gasteiger partial charge in [-0.15, -0.1) is 0 Å². The monoisotopic (exact) mass is 393 g/mol. The van der Waals surface area contributed by atoms with Crippen molar-refractivity contribution in [1.29, 1.82) is 0 Å². The van der Waals surface area contributed by atoms with Gasteiger partial charge in [0.1, 0.15) is 0 Å². The summed E-state index contributed by atoms with van der Waals surface area (Å²) in [5, 5.41) is 5.93. The number of carbonyl (C=O) groups excluding carboxylic acids is 2. The van der Waals surface area contributed by atoms with Gasteiger partial charge in [-0.3, -0.25) is 9.59 Å². The van der Waals surface area contributed by atoms with E-state index < -0.39 is 5.41 Å². The third-order valence-corrected chi connectivity index (χ3v) is 5.07. The van der Waals surface area contributed by atoms with Gasteiger partial charge in [-0.2, -0.15) is 0 Å². The zero-order valence-electron chi connectivity index (χ0n) is 18.0. The van der Waals surface area contributed by atoms with Crippen molar-refractivity contribution in [2.75, 3.05) is 16.8 Å². The molecule has 3 rings (SSSR count). The van der Waals surface area contributed by atoms with Gasteiger partial charge in [0.15, 0.2) is 0 Å². The molecule has 0 spiro atoms. The predicted molar refractivity (Wildman–Crippen MR) is 118 cm³/mol. The normalized spacial score (nSPS) is 13.8. The molecule has 0 saturated heterocycles. The summed E-state index contributed by atoms with van der Waals surface area (Å²) in [5.74, 6) is -0.201. The lowest BCUT2D eigenvalue weighted by Crippen LogP contribution is -2.35. The summed E-state index contributed by atoms with van der Waals surface area (Å²) in [6.07, 6.45) is 0.948. The number of rotatable bonds is 4. The standard InChI is InChI=1S/C24H31N3O2/c1-16(2)25-22(28)20-14-19(26-23(29)24(3,4)5)10-11-21(20)27-13-12-17-8-6-7-9-18(17)15-27/h6-11,14,16H,12-13,15H2,1-5H3,(H,25,28)(H,26,29). The molecule has 2 amide bonds. The fraction of sp³-hybridized carbons (Fsp3) is 0.417. The second-order valence-electron chi connectivity index (χ2n) is 9.00. The van der Waals surface area contributed by atoms with E-state index in [0.717, 1.165) is 25.2 Å². The number of hydrogen-bond donors (Lipinski definition) is 2. The molecule has 0 bridgehead atoms. The Morgan fingerprint density at radius 3 is 2.38 bits per heavy atom. The molecule has 29 heavy (non-hydrogen) atoms. The smallest absolute Gasteiger partial charge is 0.253 e. The van der Waals surface area contributed by atoms with Crippen molar-refractivity contribution < 1.29 is 9.59 Å². The summed E-state index contributed by atoms with van der Waals surface area (Å²) in [7, 11) is 0. The first-order valence-electron chi connectivity index (χ1n) is 10.2. The Balaban J connectivity index is 1.94. The number of amides is 2. The van der Waals surface area contributed by atoms with E-state index in [1.54, 1.807) is 6.07 Å². The molecule has 1 heterocycles. The predicted octanol–water partition coefficient (Wildman–Crippen LogP) is 4.37. The minimum Gasteiger partial charge on any atom is -0.366 e. The van der Waals surface area contributed by atoms with Crippen LogP contribution in [0.3, 0.4) is 0 Å².